The summed E-state index contributed by atoms with van der Waals surface area (Å²) in [6.45, 7) is 9.64. The van der Waals surface area contributed by atoms with Gasteiger partial charge in [-0.3, -0.25) is 13.9 Å². The molecule has 0 heterocycles. The highest BCUT2D eigenvalue weighted by Crippen LogP contribution is 2.27. The van der Waals surface area contributed by atoms with Gasteiger partial charge in [0, 0.05) is 18.1 Å². The number of nitrogens with one attached hydrogen (secondary N) is 1. The molecule has 3 rings (SSSR count). The number of anilines is 1. The van der Waals surface area contributed by atoms with Gasteiger partial charge in [-0.05, 0) is 73.7 Å². The van der Waals surface area contributed by atoms with Crippen LogP contribution in [0.1, 0.15) is 56.7 Å². The normalized spacial score (nSPS) is 12.2. The van der Waals surface area contributed by atoms with Crippen molar-refractivity contribution in [2.24, 2.45) is 0 Å². The van der Waals surface area contributed by atoms with Crippen LogP contribution in [0.25, 0.3) is 0 Å². The van der Waals surface area contributed by atoms with Crippen molar-refractivity contribution >= 4 is 39.1 Å². The Morgan fingerprint density at radius 1 is 0.950 bits per heavy atom. The molecular formula is C31H38ClN3O4S. The molecule has 1 unspecified atom stereocenters. The molecule has 9 heteroatoms. The zero-order valence-corrected chi connectivity index (χ0v) is 25.3. The molecule has 40 heavy (non-hydrogen) atoms. The fraction of sp³-hybridized carbons (Fsp3) is 0.355. The SMILES string of the molecule is CCCNC(=O)C(C)N(Cc1cccc(Cl)c1)C(=O)CN(c1ccc(C(C)C)cc1)S(=O)(=O)c1ccc(C)cc1. The molecule has 0 aliphatic heterocycles. The number of carbonyl (C=O) groups excluding carboxylic acids is 2. The summed E-state index contributed by atoms with van der Waals surface area (Å²) in [6, 6.07) is 19.9. The van der Waals surface area contributed by atoms with E-state index in [9.17, 15) is 18.0 Å². The van der Waals surface area contributed by atoms with Crippen LogP contribution in [-0.4, -0.2) is 44.3 Å². The van der Waals surface area contributed by atoms with Gasteiger partial charge >= 0.3 is 0 Å². The Balaban J connectivity index is 2.03. The van der Waals surface area contributed by atoms with Crippen molar-refractivity contribution in [2.45, 2.75) is 64.4 Å². The Morgan fingerprint density at radius 2 is 1.60 bits per heavy atom. The van der Waals surface area contributed by atoms with Crippen molar-refractivity contribution in [1.82, 2.24) is 10.2 Å². The third-order valence-corrected chi connectivity index (χ3v) is 8.72. The van der Waals surface area contributed by atoms with E-state index in [1.54, 1.807) is 49.4 Å². The maximum Gasteiger partial charge on any atom is 0.264 e. The van der Waals surface area contributed by atoms with Crippen LogP contribution in [0.5, 0.6) is 0 Å². The van der Waals surface area contributed by atoms with Gasteiger partial charge in [0.1, 0.15) is 12.6 Å². The zero-order chi connectivity index (χ0) is 29.4. The number of nitrogens with zero attached hydrogens (tertiary/aromatic N) is 2. The maximum absolute atomic E-state index is 14.0. The van der Waals surface area contributed by atoms with E-state index in [1.165, 1.54) is 17.0 Å². The number of hydrogen-bond acceptors (Lipinski definition) is 4. The first-order valence-corrected chi connectivity index (χ1v) is 15.3. The van der Waals surface area contributed by atoms with Crippen LogP contribution in [0.15, 0.2) is 77.7 Å². The van der Waals surface area contributed by atoms with E-state index in [2.05, 4.69) is 19.2 Å². The highest BCUT2D eigenvalue weighted by atomic mass is 35.5. The number of benzene rings is 3. The summed E-state index contributed by atoms with van der Waals surface area (Å²) in [5.41, 5.74) is 3.06. The number of hydrogen-bond donors (Lipinski definition) is 1. The molecule has 1 N–H and O–H groups in total. The van der Waals surface area contributed by atoms with Crippen LogP contribution in [0.2, 0.25) is 5.02 Å². The second kappa shape index (κ2) is 13.8. The van der Waals surface area contributed by atoms with Crippen LogP contribution >= 0.6 is 11.6 Å². The third-order valence-electron chi connectivity index (χ3n) is 6.69. The molecule has 2 amide bonds. The Morgan fingerprint density at radius 3 is 2.17 bits per heavy atom. The third kappa shape index (κ3) is 7.86. The number of carbonyl (C=O) groups is 2. The lowest BCUT2D eigenvalue weighted by atomic mass is 10.0. The summed E-state index contributed by atoms with van der Waals surface area (Å²) in [4.78, 5) is 28.4. The van der Waals surface area contributed by atoms with Crippen molar-refractivity contribution in [3.05, 3.63) is 94.5 Å². The predicted octanol–water partition coefficient (Wildman–Crippen LogP) is 5.91. The molecule has 0 radical (unpaired) electrons. The first-order valence-electron chi connectivity index (χ1n) is 13.4. The van der Waals surface area contributed by atoms with Gasteiger partial charge in [-0.15, -0.1) is 0 Å². The summed E-state index contributed by atoms with van der Waals surface area (Å²) in [7, 11) is -4.11. The number of halogens is 1. The highest BCUT2D eigenvalue weighted by Gasteiger charge is 2.32. The summed E-state index contributed by atoms with van der Waals surface area (Å²) < 4.78 is 29.0. The summed E-state index contributed by atoms with van der Waals surface area (Å²) in [6.07, 6.45) is 0.746. The van der Waals surface area contributed by atoms with Crippen molar-refractivity contribution in [1.29, 1.82) is 0 Å². The smallest absolute Gasteiger partial charge is 0.264 e. The van der Waals surface area contributed by atoms with Gasteiger partial charge in [0.05, 0.1) is 10.6 Å². The average molecular weight is 584 g/mol. The Bertz CT molecular complexity index is 1410. The predicted molar refractivity (Wildman–Crippen MR) is 161 cm³/mol. The van der Waals surface area contributed by atoms with Gasteiger partial charge in [-0.2, -0.15) is 0 Å². The maximum atomic E-state index is 14.0. The Kier molecular flexibility index (Phi) is 10.8. The summed E-state index contributed by atoms with van der Waals surface area (Å²) in [5, 5.41) is 3.34. The molecule has 0 saturated heterocycles. The molecule has 0 aromatic heterocycles. The topological polar surface area (TPSA) is 86.8 Å². The number of rotatable bonds is 12. The minimum absolute atomic E-state index is 0.0777. The van der Waals surface area contributed by atoms with Gasteiger partial charge in [-0.25, -0.2) is 8.42 Å². The molecule has 214 valence electrons. The molecular weight excluding hydrogens is 546 g/mol. The Hall–Kier alpha value is -3.36. The standard InChI is InChI=1S/C31H38ClN3O4S/c1-6-18-33-31(37)24(5)34(20-25-8-7-9-27(32)19-25)30(36)21-35(28-14-12-26(13-15-28)22(2)3)40(38,39)29-16-10-23(4)11-17-29/h7-17,19,22,24H,6,18,20-21H2,1-5H3,(H,33,37). The molecule has 7 nitrogen and oxygen atoms in total. The van der Waals surface area contributed by atoms with Gasteiger partial charge in [0.25, 0.3) is 10.0 Å². The molecule has 0 saturated carbocycles. The van der Waals surface area contributed by atoms with Crippen LogP contribution in [0.3, 0.4) is 0 Å². The fourth-order valence-electron chi connectivity index (χ4n) is 4.20. The van der Waals surface area contributed by atoms with Crippen LogP contribution in [0, 0.1) is 6.92 Å². The van der Waals surface area contributed by atoms with E-state index in [0.717, 1.165) is 27.4 Å². The van der Waals surface area contributed by atoms with Crippen LogP contribution in [0.4, 0.5) is 5.69 Å². The number of amides is 2. The van der Waals surface area contributed by atoms with Gasteiger partial charge in [0.15, 0.2) is 0 Å². The quantitative estimate of drug-likeness (QED) is 0.287. The zero-order valence-electron chi connectivity index (χ0n) is 23.7. The molecule has 0 spiro atoms. The fourth-order valence-corrected chi connectivity index (χ4v) is 5.83. The van der Waals surface area contributed by atoms with Gasteiger partial charge in [0.2, 0.25) is 11.8 Å². The number of aryl methyl sites for hydroxylation is 1. The molecule has 0 fully saturated rings. The van der Waals surface area contributed by atoms with Gasteiger partial charge < -0.3 is 10.2 Å². The number of sulfonamides is 1. The second-order valence-corrected chi connectivity index (χ2v) is 12.5. The molecule has 3 aromatic rings. The van der Waals surface area contributed by atoms with E-state index in [-0.39, 0.29) is 23.3 Å². The second-order valence-electron chi connectivity index (χ2n) is 10.2. The van der Waals surface area contributed by atoms with Crippen molar-refractivity contribution in [3.8, 4) is 0 Å². The average Bonchev–Trinajstić information content (AvgIpc) is 2.93. The molecule has 0 bridgehead atoms. The molecule has 1 atom stereocenters. The van der Waals surface area contributed by atoms with E-state index in [1.807, 2.05) is 32.0 Å². The minimum Gasteiger partial charge on any atom is -0.354 e. The minimum atomic E-state index is -4.11. The van der Waals surface area contributed by atoms with Crippen LogP contribution in [-0.2, 0) is 26.2 Å². The molecule has 3 aromatic carbocycles. The van der Waals surface area contributed by atoms with E-state index in [0.29, 0.717) is 17.3 Å². The van der Waals surface area contributed by atoms with Crippen molar-refractivity contribution < 1.29 is 18.0 Å². The van der Waals surface area contributed by atoms with E-state index in [4.69, 9.17) is 11.6 Å². The first kappa shape index (κ1) is 31.2. The largest absolute Gasteiger partial charge is 0.354 e. The lowest BCUT2D eigenvalue weighted by Gasteiger charge is -2.32. The highest BCUT2D eigenvalue weighted by molar-refractivity contribution is 7.92. The van der Waals surface area contributed by atoms with Crippen molar-refractivity contribution in [2.75, 3.05) is 17.4 Å². The summed E-state index contributed by atoms with van der Waals surface area (Å²) >= 11 is 6.19. The van der Waals surface area contributed by atoms with Crippen LogP contribution < -0.4 is 9.62 Å². The molecule has 0 aliphatic carbocycles. The lowest BCUT2D eigenvalue weighted by molar-refractivity contribution is -0.139. The van der Waals surface area contributed by atoms with Gasteiger partial charge in [-0.1, -0.05) is 74.3 Å². The monoisotopic (exact) mass is 583 g/mol. The lowest BCUT2D eigenvalue weighted by Crippen LogP contribution is -2.51. The molecule has 0 aliphatic rings. The first-order chi connectivity index (χ1) is 18.9. The van der Waals surface area contributed by atoms with E-state index >= 15 is 0 Å². The Labute approximate surface area is 243 Å². The van der Waals surface area contributed by atoms with Crippen molar-refractivity contribution in [3.63, 3.8) is 0 Å². The van der Waals surface area contributed by atoms with E-state index < -0.39 is 28.5 Å². The summed E-state index contributed by atoms with van der Waals surface area (Å²) in [5.74, 6) is -0.567.